The number of hydrogen-bond acceptors (Lipinski definition) is 2. The smallest absolute Gasteiger partial charge is 0.335 e. The first-order chi connectivity index (χ1) is 10.8. The molecule has 2 amide bonds. The van der Waals surface area contributed by atoms with Crippen LogP contribution in [0.4, 0.5) is 18.0 Å². The largest absolute Gasteiger partial charge is 0.435 e. The zero-order valence-electron chi connectivity index (χ0n) is 13.0. The van der Waals surface area contributed by atoms with Crippen molar-refractivity contribution in [1.29, 1.82) is 0 Å². The number of carbonyl (C=O) groups excluding carboxylic acids is 1. The Hall–Kier alpha value is -1.73. The van der Waals surface area contributed by atoms with Crippen molar-refractivity contribution in [2.24, 2.45) is 5.92 Å². The molecule has 0 bridgehead atoms. The summed E-state index contributed by atoms with van der Waals surface area (Å²) < 4.78 is 39.2. The van der Waals surface area contributed by atoms with Gasteiger partial charge in [0.1, 0.15) is 0 Å². The van der Waals surface area contributed by atoms with E-state index in [9.17, 15) is 18.0 Å². The molecule has 3 rings (SSSR count). The van der Waals surface area contributed by atoms with Crippen molar-refractivity contribution >= 4 is 6.03 Å². The van der Waals surface area contributed by atoms with E-state index in [-0.39, 0.29) is 18.1 Å². The van der Waals surface area contributed by atoms with E-state index in [1.54, 1.807) is 4.90 Å². The second-order valence-electron chi connectivity index (χ2n) is 6.47. The number of alkyl halides is 3. The fourth-order valence-electron chi connectivity index (χ4n) is 3.03. The molecule has 0 aromatic carbocycles. The topological polar surface area (TPSA) is 50.2 Å². The number of aromatic nitrogens is 2. The number of hydrogen-bond donors (Lipinski definition) is 1. The van der Waals surface area contributed by atoms with Crippen molar-refractivity contribution in [1.82, 2.24) is 20.0 Å². The molecular weight excluding hydrogens is 309 g/mol. The Balaban J connectivity index is 1.51. The number of halogens is 3. The summed E-state index contributed by atoms with van der Waals surface area (Å²) in [5, 5.41) is 6.63. The van der Waals surface area contributed by atoms with Gasteiger partial charge in [0.05, 0.1) is 6.04 Å². The van der Waals surface area contributed by atoms with Gasteiger partial charge >= 0.3 is 12.2 Å². The van der Waals surface area contributed by atoms with Gasteiger partial charge in [-0.3, -0.25) is 4.68 Å². The lowest BCUT2D eigenvalue weighted by atomic mass is 10.1. The molecule has 1 aliphatic carbocycles. The first-order valence-electron chi connectivity index (χ1n) is 8.02. The van der Waals surface area contributed by atoms with Crippen LogP contribution in [0.15, 0.2) is 12.3 Å². The van der Waals surface area contributed by atoms with Crippen LogP contribution in [0, 0.1) is 5.92 Å². The standard InChI is InChI=1S/C15H21F3N4O/c1-10(11-2-3-11)19-14(23)21-7-4-12(5-8-21)22-9-6-13(20-22)15(16,17)18/h6,9-12H,2-5,7-8H2,1H3,(H,19,23)/t10-/m0/s1. The van der Waals surface area contributed by atoms with Crippen molar-refractivity contribution in [2.75, 3.05) is 13.1 Å². The third-order valence-electron chi connectivity index (χ3n) is 4.70. The molecule has 1 saturated carbocycles. The van der Waals surface area contributed by atoms with Crippen LogP contribution in [0.25, 0.3) is 0 Å². The van der Waals surface area contributed by atoms with Crippen molar-refractivity contribution in [3.05, 3.63) is 18.0 Å². The SMILES string of the molecule is C[C@H](NC(=O)N1CCC(n2ccc(C(F)(F)F)n2)CC1)C1CC1. The predicted molar refractivity (Wildman–Crippen MR) is 77.8 cm³/mol. The summed E-state index contributed by atoms with van der Waals surface area (Å²) in [5.74, 6) is 0.598. The van der Waals surface area contributed by atoms with Crippen molar-refractivity contribution < 1.29 is 18.0 Å². The van der Waals surface area contributed by atoms with Crippen LogP contribution >= 0.6 is 0 Å². The van der Waals surface area contributed by atoms with Crippen LogP contribution in [-0.4, -0.2) is 39.8 Å². The lowest BCUT2D eigenvalue weighted by molar-refractivity contribution is -0.141. The fraction of sp³-hybridized carbons (Fsp3) is 0.733. The minimum absolute atomic E-state index is 0.0701. The molecule has 1 saturated heterocycles. The summed E-state index contributed by atoms with van der Waals surface area (Å²) in [5.41, 5.74) is -0.865. The van der Waals surface area contributed by atoms with Crippen molar-refractivity contribution in [3.63, 3.8) is 0 Å². The Morgan fingerprint density at radius 3 is 2.48 bits per heavy atom. The predicted octanol–water partition coefficient (Wildman–Crippen LogP) is 3.05. The molecule has 2 aliphatic rings. The summed E-state index contributed by atoms with van der Waals surface area (Å²) in [7, 11) is 0. The van der Waals surface area contributed by atoms with E-state index in [1.165, 1.54) is 23.7 Å². The van der Waals surface area contributed by atoms with Gasteiger partial charge in [0.15, 0.2) is 5.69 Å². The molecule has 0 unspecified atom stereocenters. The first-order valence-corrected chi connectivity index (χ1v) is 8.02. The Kier molecular flexibility index (Phi) is 4.25. The molecular formula is C15H21F3N4O. The van der Waals surface area contributed by atoms with Crippen molar-refractivity contribution in [2.45, 2.75) is 50.9 Å². The summed E-state index contributed by atoms with van der Waals surface area (Å²) in [6, 6.07) is 1.03. The Morgan fingerprint density at radius 1 is 1.30 bits per heavy atom. The van der Waals surface area contributed by atoms with E-state index in [0.29, 0.717) is 31.8 Å². The van der Waals surface area contributed by atoms with Crippen LogP contribution in [0.5, 0.6) is 0 Å². The van der Waals surface area contributed by atoms with Crippen LogP contribution in [-0.2, 0) is 6.18 Å². The van der Waals surface area contributed by atoms with Gasteiger partial charge in [0.2, 0.25) is 0 Å². The fourth-order valence-corrected chi connectivity index (χ4v) is 3.03. The number of nitrogens with zero attached hydrogens (tertiary/aromatic N) is 3. The summed E-state index contributed by atoms with van der Waals surface area (Å²) in [4.78, 5) is 13.9. The van der Waals surface area contributed by atoms with Crippen LogP contribution in [0.1, 0.15) is 44.3 Å². The maximum absolute atomic E-state index is 12.6. The number of carbonyl (C=O) groups is 1. The van der Waals surface area contributed by atoms with Gasteiger partial charge in [0, 0.05) is 25.3 Å². The van der Waals surface area contributed by atoms with E-state index in [2.05, 4.69) is 10.4 Å². The molecule has 2 heterocycles. The van der Waals surface area contributed by atoms with Gasteiger partial charge in [-0.1, -0.05) is 0 Å². The highest BCUT2D eigenvalue weighted by Gasteiger charge is 2.35. The normalized spacial score (nSPS) is 21.3. The van der Waals surface area contributed by atoms with Gasteiger partial charge < -0.3 is 10.2 Å². The minimum Gasteiger partial charge on any atom is -0.335 e. The number of rotatable bonds is 3. The summed E-state index contributed by atoms with van der Waals surface area (Å²) >= 11 is 0. The van der Waals surface area contributed by atoms with Crippen LogP contribution in [0.3, 0.4) is 0 Å². The second kappa shape index (κ2) is 6.05. The average Bonchev–Trinajstić information content (AvgIpc) is 3.23. The molecule has 1 N–H and O–H groups in total. The minimum atomic E-state index is -4.41. The molecule has 8 heteroatoms. The molecule has 23 heavy (non-hydrogen) atoms. The van der Waals surface area contributed by atoms with E-state index in [4.69, 9.17) is 0 Å². The lowest BCUT2D eigenvalue weighted by Crippen LogP contribution is -2.47. The molecule has 2 fully saturated rings. The number of urea groups is 1. The zero-order chi connectivity index (χ0) is 16.6. The molecule has 5 nitrogen and oxygen atoms in total. The highest BCUT2D eigenvalue weighted by Crippen LogP contribution is 2.33. The van der Waals surface area contributed by atoms with Gasteiger partial charge in [-0.25, -0.2) is 4.79 Å². The monoisotopic (exact) mass is 330 g/mol. The molecule has 1 aromatic rings. The first kappa shape index (κ1) is 16.1. The van der Waals surface area contributed by atoms with E-state index in [0.717, 1.165) is 6.07 Å². The van der Waals surface area contributed by atoms with Gasteiger partial charge in [-0.05, 0) is 44.6 Å². The maximum atomic E-state index is 12.6. The Morgan fingerprint density at radius 2 is 1.96 bits per heavy atom. The molecule has 1 atom stereocenters. The molecule has 0 radical (unpaired) electrons. The highest BCUT2D eigenvalue weighted by atomic mass is 19.4. The Labute approximate surface area is 132 Å². The highest BCUT2D eigenvalue weighted by molar-refractivity contribution is 5.74. The van der Waals surface area contributed by atoms with Gasteiger partial charge in [-0.15, -0.1) is 0 Å². The third kappa shape index (κ3) is 3.79. The number of nitrogens with one attached hydrogen (secondary N) is 1. The average molecular weight is 330 g/mol. The quantitative estimate of drug-likeness (QED) is 0.926. The number of piperidine rings is 1. The van der Waals surface area contributed by atoms with E-state index in [1.807, 2.05) is 6.92 Å². The second-order valence-corrected chi connectivity index (χ2v) is 6.47. The van der Waals surface area contributed by atoms with Crippen molar-refractivity contribution in [3.8, 4) is 0 Å². The van der Waals surface area contributed by atoms with Gasteiger partial charge in [-0.2, -0.15) is 18.3 Å². The number of amides is 2. The van der Waals surface area contributed by atoms with Crippen LogP contribution in [0.2, 0.25) is 0 Å². The zero-order valence-corrected chi connectivity index (χ0v) is 13.0. The molecule has 1 aromatic heterocycles. The maximum Gasteiger partial charge on any atom is 0.435 e. The summed E-state index contributed by atoms with van der Waals surface area (Å²) in [6.07, 6.45) is 0.534. The molecule has 0 spiro atoms. The molecule has 1 aliphatic heterocycles. The lowest BCUT2D eigenvalue weighted by Gasteiger charge is -2.33. The van der Waals surface area contributed by atoms with E-state index >= 15 is 0 Å². The van der Waals surface area contributed by atoms with Gasteiger partial charge in [0.25, 0.3) is 0 Å². The summed E-state index contributed by atoms with van der Waals surface area (Å²) in [6.45, 7) is 3.09. The number of likely N-dealkylation sites (tertiary alicyclic amines) is 1. The van der Waals surface area contributed by atoms with E-state index < -0.39 is 11.9 Å². The third-order valence-corrected chi connectivity index (χ3v) is 4.70. The van der Waals surface area contributed by atoms with Crippen LogP contribution < -0.4 is 5.32 Å². The Bertz CT molecular complexity index is 559. The molecule has 128 valence electrons.